The van der Waals surface area contributed by atoms with Crippen LogP contribution in [0.3, 0.4) is 0 Å². The first-order chi connectivity index (χ1) is 7.96. The molecular formula is C13H17IN2S. The maximum absolute atomic E-state index is 4.73. The van der Waals surface area contributed by atoms with Crippen molar-refractivity contribution in [1.82, 2.24) is 0 Å². The fourth-order valence-corrected chi connectivity index (χ4v) is 3.43. The maximum Gasteiger partial charge on any atom is 0.161 e. The Morgan fingerprint density at radius 3 is 2.82 bits per heavy atom. The van der Waals surface area contributed by atoms with Crippen molar-refractivity contribution >= 4 is 45.2 Å². The van der Waals surface area contributed by atoms with Crippen molar-refractivity contribution in [3.63, 3.8) is 0 Å². The van der Waals surface area contributed by atoms with Crippen LogP contribution in [0, 0.1) is 10.5 Å². The molecule has 0 aliphatic carbocycles. The molecule has 1 aromatic carbocycles. The number of aliphatic imine (C=N–C) groups is 1. The summed E-state index contributed by atoms with van der Waals surface area (Å²) in [6.45, 7) is 6.50. The molecule has 0 bridgehead atoms. The van der Waals surface area contributed by atoms with Crippen molar-refractivity contribution in [1.29, 1.82) is 0 Å². The van der Waals surface area contributed by atoms with E-state index in [1.54, 1.807) is 11.8 Å². The average molecular weight is 360 g/mol. The molecule has 0 radical (unpaired) electrons. The van der Waals surface area contributed by atoms with Crippen LogP contribution in [0.5, 0.6) is 0 Å². The lowest BCUT2D eigenvalue weighted by Gasteiger charge is -2.26. The Balaban J connectivity index is 2.15. The fraction of sp³-hybridized carbons (Fsp3) is 0.462. The minimum atomic E-state index is 0.0748. The zero-order chi connectivity index (χ0) is 12.5. The number of benzene rings is 1. The molecule has 0 saturated heterocycles. The number of amidine groups is 1. The summed E-state index contributed by atoms with van der Waals surface area (Å²) < 4.78 is 1.29. The van der Waals surface area contributed by atoms with E-state index in [1.807, 2.05) is 0 Å². The summed E-state index contributed by atoms with van der Waals surface area (Å²) in [6.07, 6.45) is 1.15. The zero-order valence-electron chi connectivity index (χ0n) is 10.4. The molecule has 1 aliphatic rings. The lowest BCUT2D eigenvalue weighted by atomic mass is 10.0. The molecule has 1 heterocycles. The van der Waals surface area contributed by atoms with Gasteiger partial charge in [-0.05, 0) is 67.5 Å². The second-order valence-electron chi connectivity index (χ2n) is 4.92. The molecule has 17 heavy (non-hydrogen) atoms. The Kier molecular flexibility index (Phi) is 4.02. The largest absolute Gasteiger partial charge is 0.335 e. The minimum Gasteiger partial charge on any atom is -0.335 e. The van der Waals surface area contributed by atoms with E-state index < -0.39 is 0 Å². The van der Waals surface area contributed by atoms with E-state index in [1.165, 1.54) is 9.13 Å². The highest BCUT2D eigenvalue weighted by atomic mass is 127. The van der Waals surface area contributed by atoms with Crippen molar-refractivity contribution in [2.45, 2.75) is 32.7 Å². The monoisotopic (exact) mass is 360 g/mol. The summed E-state index contributed by atoms with van der Waals surface area (Å²) in [4.78, 5) is 4.73. The smallest absolute Gasteiger partial charge is 0.161 e. The molecular weight excluding hydrogens is 343 g/mol. The Labute approximate surface area is 121 Å². The van der Waals surface area contributed by atoms with Crippen LogP contribution in [0.15, 0.2) is 23.2 Å². The number of halogens is 1. The lowest BCUT2D eigenvalue weighted by molar-refractivity contribution is 0.507. The SMILES string of the molecule is Cc1ccc(NC2=NC(C)(C)CCS2)cc1I. The van der Waals surface area contributed by atoms with Gasteiger partial charge < -0.3 is 5.32 Å². The minimum absolute atomic E-state index is 0.0748. The summed E-state index contributed by atoms with van der Waals surface area (Å²) in [7, 11) is 0. The first-order valence-electron chi connectivity index (χ1n) is 5.72. The first kappa shape index (κ1) is 13.2. The van der Waals surface area contributed by atoms with E-state index in [0.29, 0.717) is 0 Å². The second-order valence-corrected chi connectivity index (χ2v) is 7.16. The predicted octanol–water partition coefficient (Wildman–Crippen LogP) is 4.28. The van der Waals surface area contributed by atoms with E-state index in [0.717, 1.165) is 23.0 Å². The van der Waals surface area contributed by atoms with E-state index >= 15 is 0 Å². The van der Waals surface area contributed by atoms with Gasteiger partial charge in [0.25, 0.3) is 0 Å². The molecule has 2 nitrogen and oxygen atoms in total. The molecule has 0 unspecified atom stereocenters. The molecule has 92 valence electrons. The van der Waals surface area contributed by atoms with Crippen molar-refractivity contribution in [3.05, 3.63) is 27.3 Å². The van der Waals surface area contributed by atoms with Crippen LogP contribution in [0.4, 0.5) is 5.69 Å². The van der Waals surface area contributed by atoms with Gasteiger partial charge in [-0.2, -0.15) is 0 Å². The summed E-state index contributed by atoms with van der Waals surface area (Å²) in [5.74, 6) is 1.14. The van der Waals surface area contributed by atoms with Crippen LogP contribution in [0.1, 0.15) is 25.8 Å². The van der Waals surface area contributed by atoms with Gasteiger partial charge >= 0.3 is 0 Å². The van der Waals surface area contributed by atoms with Crippen LogP contribution in [0.25, 0.3) is 0 Å². The van der Waals surface area contributed by atoms with Crippen molar-refractivity contribution in [2.75, 3.05) is 11.1 Å². The molecule has 0 amide bonds. The summed E-state index contributed by atoms with van der Waals surface area (Å²) >= 11 is 4.17. The van der Waals surface area contributed by atoms with E-state index in [9.17, 15) is 0 Å². The molecule has 4 heteroatoms. The van der Waals surface area contributed by atoms with Crippen molar-refractivity contribution in [3.8, 4) is 0 Å². The van der Waals surface area contributed by atoms with Gasteiger partial charge in [-0.3, -0.25) is 4.99 Å². The van der Waals surface area contributed by atoms with Crippen LogP contribution in [-0.4, -0.2) is 16.5 Å². The highest BCUT2D eigenvalue weighted by Gasteiger charge is 2.22. The third kappa shape index (κ3) is 3.61. The molecule has 0 spiro atoms. The molecule has 0 atom stereocenters. The highest BCUT2D eigenvalue weighted by molar-refractivity contribution is 14.1. The quantitative estimate of drug-likeness (QED) is 0.756. The maximum atomic E-state index is 4.73. The zero-order valence-corrected chi connectivity index (χ0v) is 13.4. The van der Waals surface area contributed by atoms with Crippen molar-refractivity contribution < 1.29 is 0 Å². The third-order valence-electron chi connectivity index (χ3n) is 2.78. The molecule has 2 rings (SSSR count). The number of thioether (sulfide) groups is 1. The van der Waals surface area contributed by atoms with Gasteiger partial charge in [-0.15, -0.1) is 0 Å². The average Bonchev–Trinajstić information content (AvgIpc) is 2.22. The topological polar surface area (TPSA) is 24.4 Å². The number of nitrogens with one attached hydrogen (secondary N) is 1. The standard InChI is InChI=1S/C13H17IN2S/c1-9-4-5-10(8-11(9)14)15-12-16-13(2,3)6-7-17-12/h4-5,8H,6-7H2,1-3H3,(H,15,16). The Hall–Kier alpha value is -0.230. The number of hydrogen-bond donors (Lipinski definition) is 1. The summed E-state index contributed by atoms with van der Waals surface area (Å²) in [6, 6.07) is 6.42. The molecule has 0 saturated carbocycles. The molecule has 1 aromatic rings. The normalized spacial score (nSPS) is 18.7. The van der Waals surface area contributed by atoms with Crippen molar-refractivity contribution in [2.24, 2.45) is 4.99 Å². The van der Waals surface area contributed by atoms with Gasteiger partial charge in [0.1, 0.15) is 0 Å². The Morgan fingerprint density at radius 1 is 1.41 bits per heavy atom. The van der Waals surface area contributed by atoms with Gasteiger partial charge in [0.05, 0.1) is 5.54 Å². The first-order valence-corrected chi connectivity index (χ1v) is 7.78. The number of rotatable bonds is 1. The lowest BCUT2D eigenvalue weighted by Crippen LogP contribution is -2.27. The fourth-order valence-electron chi connectivity index (χ4n) is 1.62. The van der Waals surface area contributed by atoms with Gasteiger partial charge in [0, 0.05) is 15.0 Å². The van der Waals surface area contributed by atoms with E-state index in [-0.39, 0.29) is 5.54 Å². The molecule has 0 aromatic heterocycles. The highest BCUT2D eigenvalue weighted by Crippen LogP contribution is 2.27. The van der Waals surface area contributed by atoms with Crippen LogP contribution in [0.2, 0.25) is 0 Å². The number of nitrogens with zero attached hydrogens (tertiary/aromatic N) is 1. The molecule has 1 aliphatic heterocycles. The van der Waals surface area contributed by atoms with E-state index in [4.69, 9.17) is 4.99 Å². The Morgan fingerprint density at radius 2 is 2.18 bits per heavy atom. The number of anilines is 1. The number of aryl methyl sites for hydroxylation is 1. The summed E-state index contributed by atoms with van der Waals surface area (Å²) in [5.41, 5.74) is 2.52. The van der Waals surface area contributed by atoms with Gasteiger partial charge in [0.15, 0.2) is 5.17 Å². The number of hydrogen-bond acceptors (Lipinski definition) is 3. The summed E-state index contributed by atoms with van der Waals surface area (Å²) in [5, 5.41) is 4.46. The van der Waals surface area contributed by atoms with Crippen LogP contribution >= 0.6 is 34.4 Å². The predicted molar refractivity (Wildman–Crippen MR) is 86.1 cm³/mol. The van der Waals surface area contributed by atoms with Gasteiger partial charge in [0.2, 0.25) is 0 Å². The second kappa shape index (κ2) is 5.18. The van der Waals surface area contributed by atoms with Gasteiger partial charge in [-0.25, -0.2) is 0 Å². The van der Waals surface area contributed by atoms with Crippen LogP contribution in [-0.2, 0) is 0 Å². The van der Waals surface area contributed by atoms with Gasteiger partial charge in [-0.1, -0.05) is 17.8 Å². The Bertz CT molecular complexity index is 455. The van der Waals surface area contributed by atoms with E-state index in [2.05, 4.69) is 66.9 Å². The molecule has 0 fully saturated rings. The third-order valence-corrected chi connectivity index (χ3v) is 4.82. The molecule has 1 N–H and O–H groups in total. The van der Waals surface area contributed by atoms with Crippen LogP contribution < -0.4 is 5.32 Å².